The van der Waals surface area contributed by atoms with Gasteiger partial charge in [-0.3, -0.25) is 0 Å². The monoisotopic (exact) mass is 245 g/mol. The Kier molecular flexibility index (Phi) is 8.34. The first-order valence-corrected chi connectivity index (χ1v) is 7.99. The molecule has 0 aromatic rings. The Morgan fingerprint density at radius 1 is 1.19 bits per heavy atom. The van der Waals surface area contributed by atoms with E-state index in [0.29, 0.717) is 0 Å². The van der Waals surface area contributed by atoms with E-state index in [1.54, 1.807) is 0 Å². The van der Waals surface area contributed by atoms with E-state index in [4.69, 9.17) is 4.74 Å². The van der Waals surface area contributed by atoms with Crippen molar-refractivity contribution < 1.29 is 4.74 Å². The van der Waals surface area contributed by atoms with Crippen molar-refractivity contribution in [3.8, 4) is 0 Å². The number of nitrogens with one attached hydrogen (secondary N) is 1. The van der Waals surface area contributed by atoms with Gasteiger partial charge in [0.2, 0.25) is 0 Å². The molecule has 1 aliphatic rings. The maximum absolute atomic E-state index is 5.54. The minimum Gasteiger partial charge on any atom is -0.380 e. The van der Waals surface area contributed by atoms with Crippen LogP contribution >= 0.6 is 11.8 Å². The third-order valence-electron chi connectivity index (χ3n) is 3.33. The Bertz CT molecular complexity index is 158. The molecule has 1 aliphatic carbocycles. The Morgan fingerprint density at radius 3 is 2.56 bits per heavy atom. The number of hydrogen-bond donors (Lipinski definition) is 1. The predicted octanol–water partition coefficient (Wildman–Crippen LogP) is 3.07. The van der Waals surface area contributed by atoms with Crippen molar-refractivity contribution in [2.45, 2.75) is 56.7 Å². The molecule has 0 heterocycles. The quantitative estimate of drug-likeness (QED) is 0.664. The molecule has 0 radical (unpaired) electrons. The van der Waals surface area contributed by atoms with Gasteiger partial charge in [-0.2, -0.15) is 11.8 Å². The van der Waals surface area contributed by atoms with E-state index in [9.17, 15) is 0 Å². The minimum absolute atomic E-state index is 0.748. The fourth-order valence-electron chi connectivity index (χ4n) is 2.19. The van der Waals surface area contributed by atoms with E-state index in [-0.39, 0.29) is 0 Å². The maximum atomic E-state index is 5.54. The lowest BCUT2D eigenvalue weighted by Gasteiger charge is -2.28. The number of rotatable bonds is 8. The summed E-state index contributed by atoms with van der Waals surface area (Å²) in [5.41, 5.74) is 0. The van der Waals surface area contributed by atoms with Crippen molar-refractivity contribution in [3.05, 3.63) is 0 Å². The smallest absolute Gasteiger partial charge is 0.0590 e. The summed E-state index contributed by atoms with van der Waals surface area (Å²) >= 11 is 2.03. The summed E-state index contributed by atoms with van der Waals surface area (Å²) in [6.07, 6.45) is 10.1. The second-order valence-corrected chi connectivity index (χ2v) is 5.77. The number of hydrogen-bond acceptors (Lipinski definition) is 3. The summed E-state index contributed by atoms with van der Waals surface area (Å²) in [4.78, 5) is 0. The Morgan fingerprint density at radius 2 is 1.94 bits per heavy atom. The average Bonchev–Trinajstić information content (AvgIpc) is 2.34. The third kappa shape index (κ3) is 6.12. The number of unbranched alkanes of at least 4 members (excludes halogenated alkanes) is 1. The first-order valence-electron chi connectivity index (χ1n) is 6.70. The van der Waals surface area contributed by atoms with Gasteiger partial charge in [0.15, 0.2) is 0 Å². The van der Waals surface area contributed by atoms with E-state index >= 15 is 0 Å². The van der Waals surface area contributed by atoms with Crippen LogP contribution in [0.25, 0.3) is 0 Å². The molecule has 2 nitrogen and oxygen atoms in total. The van der Waals surface area contributed by atoms with Crippen LogP contribution in [-0.2, 0) is 4.74 Å². The van der Waals surface area contributed by atoms with Gasteiger partial charge >= 0.3 is 0 Å². The molecule has 0 bridgehead atoms. The van der Waals surface area contributed by atoms with E-state index < -0.39 is 0 Å². The summed E-state index contributed by atoms with van der Waals surface area (Å²) in [7, 11) is 0. The van der Waals surface area contributed by atoms with Gasteiger partial charge < -0.3 is 10.1 Å². The molecule has 0 spiro atoms. The van der Waals surface area contributed by atoms with Gasteiger partial charge in [0.1, 0.15) is 0 Å². The fraction of sp³-hybridized carbons (Fsp3) is 1.00. The van der Waals surface area contributed by atoms with Crippen molar-refractivity contribution in [1.29, 1.82) is 0 Å². The summed E-state index contributed by atoms with van der Waals surface area (Å²) in [5, 5.41) is 4.52. The summed E-state index contributed by atoms with van der Waals surface area (Å²) in [5.74, 6) is 0. The predicted molar refractivity (Wildman–Crippen MR) is 73.3 cm³/mol. The zero-order valence-corrected chi connectivity index (χ0v) is 11.7. The Labute approximate surface area is 105 Å². The van der Waals surface area contributed by atoms with Crippen LogP contribution in [0.15, 0.2) is 0 Å². The molecule has 0 aromatic carbocycles. The van der Waals surface area contributed by atoms with Crippen LogP contribution in [0.5, 0.6) is 0 Å². The highest BCUT2D eigenvalue weighted by Crippen LogP contribution is 2.26. The number of ether oxygens (including phenoxy) is 1. The SMILES string of the molecule is CCCCOCCNC1CCC(SC)CC1. The van der Waals surface area contributed by atoms with E-state index in [2.05, 4.69) is 18.5 Å². The normalized spacial score (nSPS) is 25.9. The lowest BCUT2D eigenvalue weighted by Crippen LogP contribution is -2.35. The molecule has 0 unspecified atom stereocenters. The lowest BCUT2D eigenvalue weighted by molar-refractivity contribution is 0.129. The van der Waals surface area contributed by atoms with Gasteiger partial charge in [0.05, 0.1) is 6.61 Å². The van der Waals surface area contributed by atoms with Crippen molar-refractivity contribution >= 4 is 11.8 Å². The highest BCUT2D eigenvalue weighted by Gasteiger charge is 2.19. The van der Waals surface area contributed by atoms with E-state index in [1.807, 2.05) is 11.8 Å². The standard InChI is InChI=1S/C13H27NOS/c1-3-4-10-15-11-9-14-12-5-7-13(16-2)8-6-12/h12-14H,3-11H2,1-2H3. The van der Waals surface area contributed by atoms with Crippen LogP contribution in [0, 0.1) is 0 Å². The minimum atomic E-state index is 0.748. The average molecular weight is 245 g/mol. The number of thioether (sulfide) groups is 1. The fourth-order valence-corrected chi connectivity index (χ4v) is 2.93. The molecular weight excluding hydrogens is 218 g/mol. The second kappa shape index (κ2) is 9.32. The molecule has 1 saturated carbocycles. The van der Waals surface area contributed by atoms with Gasteiger partial charge in [-0.1, -0.05) is 13.3 Å². The highest BCUT2D eigenvalue weighted by molar-refractivity contribution is 7.99. The maximum Gasteiger partial charge on any atom is 0.0590 e. The molecule has 16 heavy (non-hydrogen) atoms. The van der Waals surface area contributed by atoms with Crippen LogP contribution in [-0.4, -0.2) is 37.3 Å². The van der Waals surface area contributed by atoms with E-state index in [0.717, 1.165) is 31.1 Å². The lowest BCUT2D eigenvalue weighted by atomic mass is 9.95. The van der Waals surface area contributed by atoms with Crippen molar-refractivity contribution in [2.24, 2.45) is 0 Å². The van der Waals surface area contributed by atoms with Crippen molar-refractivity contribution in [1.82, 2.24) is 5.32 Å². The van der Waals surface area contributed by atoms with Gasteiger partial charge in [-0.05, 0) is 38.4 Å². The molecule has 0 atom stereocenters. The molecule has 0 aliphatic heterocycles. The van der Waals surface area contributed by atoms with Crippen molar-refractivity contribution in [3.63, 3.8) is 0 Å². The van der Waals surface area contributed by atoms with E-state index in [1.165, 1.54) is 38.5 Å². The highest BCUT2D eigenvalue weighted by atomic mass is 32.2. The molecule has 1 fully saturated rings. The Balaban J connectivity index is 1.90. The van der Waals surface area contributed by atoms with Gasteiger partial charge in [-0.25, -0.2) is 0 Å². The Hall–Kier alpha value is 0.270. The summed E-state index contributed by atoms with van der Waals surface area (Å²) < 4.78 is 5.54. The van der Waals surface area contributed by atoms with Gasteiger partial charge in [0, 0.05) is 24.4 Å². The van der Waals surface area contributed by atoms with Crippen LogP contribution in [0.2, 0.25) is 0 Å². The van der Waals surface area contributed by atoms with Gasteiger partial charge in [-0.15, -0.1) is 0 Å². The molecule has 1 rings (SSSR count). The molecule has 0 aromatic heterocycles. The first-order chi connectivity index (χ1) is 7.86. The van der Waals surface area contributed by atoms with Crippen LogP contribution in [0.4, 0.5) is 0 Å². The van der Waals surface area contributed by atoms with Crippen LogP contribution in [0.3, 0.4) is 0 Å². The first kappa shape index (κ1) is 14.3. The third-order valence-corrected chi connectivity index (χ3v) is 4.47. The van der Waals surface area contributed by atoms with Crippen molar-refractivity contribution in [2.75, 3.05) is 26.0 Å². The zero-order chi connectivity index (χ0) is 11.6. The molecular formula is C13H27NOS. The second-order valence-electron chi connectivity index (χ2n) is 4.63. The zero-order valence-electron chi connectivity index (χ0n) is 10.8. The molecule has 3 heteroatoms. The largest absolute Gasteiger partial charge is 0.380 e. The molecule has 0 saturated heterocycles. The molecule has 0 amide bonds. The van der Waals surface area contributed by atoms with Crippen LogP contribution < -0.4 is 5.32 Å². The summed E-state index contributed by atoms with van der Waals surface area (Å²) in [6, 6.07) is 0.748. The summed E-state index contributed by atoms with van der Waals surface area (Å²) in [6.45, 7) is 5.03. The van der Waals surface area contributed by atoms with Crippen LogP contribution in [0.1, 0.15) is 45.4 Å². The topological polar surface area (TPSA) is 21.3 Å². The van der Waals surface area contributed by atoms with Gasteiger partial charge in [0.25, 0.3) is 0 Å². The molecule has 1 N–H and O–H groups in total. The molecule has 96 valence electrons.